The molecule has 4 nitrogen and oxygen atoms in total. The van der Waals surface area contributed by atoms with Crippen LogP contribution in [-0.4, -0.2) is 60.1 Å². The van der Waals surface area contributed by atoms with Gasteiger partial charge in [-0.3, -0.25) is 9.69 Å². The smallest absolute Gasteiger partial charge is 0.226 e. The van der Waals surface area contributed by atoms with Crippen molar-refractivity contribution >= 4 is 5.91 Å². The number of amides is 1. The maximum absolute atomic E-state index is 12.9. The number of aliphatic hydroxyl groups is 1. The fourth-order valence-corrected chi connectivity index (χ4v) is 3.11. The van der Waals surface area contributed by atoms with Gasteiger partial charge in [-0.25, -0.2) is 4.39 Å². The molecule has 114 valence electrons. The second-order valence-electron chi connectivity index (χ2n) is 5.89. The van der Waals surface area contributed by atoms with Crippen molar-refractivity contribution in [1.82, 2.24) is 9.80 Å². The average molecular weight is 292 g/mol. The first kappa shape index (κ1) is 14.5. The molecule has 2 atom stereocenters. The molecule has 0 bridgehead atoms. The van der Waals surface area contributed by atoms with Gasteiger partial charge in [-0.05, 0) is 30.0 Å². The van der Waals surface area contributed by atoms with Crippen LogP contribution in [0.25, 0.3) is 0 Å². The van der Waals surface area contributed by atoms with E-state index in [4.69, 9.17) is 5.11 Å². The van der Waals surface area contributed by atoms with Gasteiger partial charge in [0.15, 0.2) is 0 Å². The topological polar surface area (TPSA) is 43.8 Å². The summed E-state index contributed by atoms with van der Waals surface area (Å²) in [6.07, 6.45) is 0.876. The second kappa shape index (κ2) is 6.12. The van der Waals surface area contributed by atoms with Crippen molar-refractivity contribution in [3.05, 3.63) is 35.6 Å². The molecule has 2 fully saturated rings. The van der Waals surface area contributed by atoms with Gasteiger partial charge in [0, 0.05) is 38.6 Å². The lowest BCUT2D eigenvalue weighted by molar-refractivity contribution is -0.134. The maximum atomic E-state index is 12.9. The molecule has 5 heteroatoms. The first-order valence-corrected chi connectivity index (χ1v) is 7.56. The van der Waals surface area contributed by atoms with Crippen LogP contribution in [0.4, 0.5) is 4.39 Å². The fraction of sp³-hybridized carbons (Fsp3) is 0.562. The van der Waals surface area contributed by atoms with Crippen molar-refractivity contribution in [2.45, 2.75) is 12.3 Å². The molecule has 3 rings (SSSR count). The number of hydrogen-bond donors (Lipinski definition) is 1. The standard InChI is InChI=1S/C16H21FN2O2/c17-13-3-1-12(2-4-13)14-11-15(14)16(21)19-7-5-18(6-8-19)9-10-20/h1-4,14-15,20H,5-11H2/t14-,15-/m0/s1. The van der Waals surface area contributed by atoms with E-state index >= 15 is 0 Å². The molecule has 0 radical (unpaired) electrons. The van der Waals surface area contributed by atoms with E-state index in [1.165, 1.54) is 12.1 Å². The third kappa shape index (κ3) is 3.24. The number of β-amino-alcohol motifs (C(OH)–C–C–N with tert-alkyl or cyclic N) is 1. The van der Waals surface area contributed by atoms with Gasteiger partial charge in [-0.2, -0.15) is 0 Å². The molecule has 1 aliphatic carbocycles. The second-order valence-corrected chi connectivity index (χ2v) is 5.89. The van der Waals surface area contributed by atoms with Crippen LogP contribution >= 0.6 is 0 Å². The van der Waals surface area contributed by atoms with Crippen molar-refractivity contribution in [1.29, 1.82) is 0 Å². The molecule has 0 aromatic heterocycles. The Balaban J connectivity index is 1.52. The zero-order chi connectivity index (χ0) is 14.8. The summed E-state index contributed by atoms with van der Waals surface area (Å²) in [6.45, 7) is 4.00. The number of benzene rings is 1. The zero-order valence-electron chi connectivity index (χ0n) is 12.0. The van der Waals surface area contributed by atoms with Crippen LogP contribution in [0.1, 0.15) is 17.9 Å². The van der Waals surface area contributed by atoms with E-state index in [9.17, 15) is 9.18 Å². The van der Waals surface area contributed by atoms with Gasteiger partial charge >= 0.3 is 0 Å². The Morgan fingerprint density at radius 2 is 1.86 bits per heavy atom. The van der Waals surface area contributed by atoms with Crippen molar-refractivity contribution in [2.24, 2.45) is 5.92 Å². The molecule has 1 aromatic carbocycles. The normalized spacial score (nSPS) is 25.9. The van der Waals surface area contributed by atoms with Gasteiger partial charge in [-0.15, -0.1) is 0 Å². The lowest BCUT2D eigenvalue weighted by atomic mass is 10.1. The summed E-state index contributed by atoms with van der Waals surface area (Å²) in [5, 5.41) is 8.92. The number of halogens is 1. The molecule has 0 unspecified atom stereocenters. The highest BCUT2D eigenvalue weighted by Crippen LogP contribution is 2.48. The first-order chi connectivity index (χ1) is 10.2. The maximum Gasteiger partial charge on any atom is 0.226 e. The molecular formula is C16H21FN2O2. The largest absolute Gasteiger partial charge is 0.395 e. The third-order valence-corrected chi connectivity index (χ3v) is 4.51. The molecule has 1 N–H and O–H groups in total. The molecular weight excluding hydrogens is 271 g/mol. The fourth-order valence-electron chi connectivity index (χ4n) is 3.11. The highest BCUT2D eigenvalue weighted by atomic mass is 19.1. The highest BCUT2D eigenvalue weighted by molar-refractivity contribution is 5.83. The molecule has 1 saturated heterocycles. The number of piperazine rings is 1. The molecule has 0 spiro atoms. The Labute approximate surface area is 124 Å². The van der Waals surface area contributed by atoms with E-state index in [1.807, 2.05) is 4.90 Å². The molecule has 21 heavy (non-hydrogen) atoms. The Kier molecular flexibility index (Phi) is 4.22. The molecule has 1 aromatic rings. The number of carbonyl (C=O) groups is 1. The van der Waals surface area contributed by atoms with E-state index < -0.39 is 0 Å². The molecule has 1 aliphatic heterocycles. The Morgan fingerprint density at radius 1 is 1.19 bits per heavy atom. The SMILES string of the molecule is O=C([C@H]1C[C@H]1c1ccc(F)cc1)N1CCN(CCO)CC1. The van der Waals surface area contributed by atoms with Crippen LogP contribution in [-0.2, 0) is 4.79 Å². The van der Waals surface area contributed by atoms with Gasteiger partial charge in [0.2, 0.25) is 5.91 Å². The van der Waals surface area contributed by atoms with Crippen LogP contribution in [0, 0.1) is 11.7 Å². The van der Waals surface area contributed by atoms with E-state index in [0.717, 1.165) is 38.2 Å². The molecule has 1 heterocycles. The van der Waals surface area contributed by atoms with Gasteiger partial charge in [0.1, 0.15) is 5.82 Å². The summed E-state index contributed by atoms with van der Waals surface area (Å²) in [5.74, 6) is 0.323. The predicted octanol–water partition coefficient (Wildman–Crippen LogP) is 1.07. The van der Waals surface area contributed by atoms with E-state index in [1.54, 1.807) is 12.1 Å². The first-order valence-electron chi connectivity index (χ1n) is 7.56. The summed E-state index contributed by atoms with van der Waals surface area (Å²) in [6, 6.07) is 6.49. The molecule has 2 aliphatic rings. The number of nitrogens with zero attached hydrogens (tertiary/aromatic N) is 2. The van der Waals surface area contributed by atoms with Crippen LogP contribution in [0.3, 0.4) is 0 Å². The average Bonchev–Trinajstić information content (AvgIpc) is 3.29. The van der Waals surface area contributed by atoms with Gasteiger partial charge < -0.3 is 10.0 Å². The van der Waals surface area contributed by atoms with E-state index in [2.05, 4.69) is 4.90 Å². The Morgan fingerprint density at radius 3 is 2.48 bits per heavy atom. The quantitative estimate of drug-likeness (QED) is 0.902. The van der Waals surface area contributed by atoms with E-state index in [-0.39, 0.29) is 30.2 Å². The van der Waals surface area contributed by atoms with E-state index in [0.29, 0.717) is 6.54 Å². The molecule has 1 saturated carbocycles. The van der Waals surface area contributed by atoms with Crippen LogP contribution < -0.4 is 0 Å². The summed E-state index contributed by atoms with van der Waals surface area (Å²) >= 11 is 0. The van der Waals surface area contributed by atoms with Gasteiger partial charge in [0.25, 0.3) is 0 Å². The monoisotopic (exact) mass is 292 g/mol. The van der Waals surface area contributed by atoms with Gasteiger partial charge in [0.05, 0.1) is 6.61 Å². The summed E-state index contributed by atoms with van der Waals surface area (Å²) < 4.78 is 12.9. The predicted molar refractivity (Wildman–Crippen MR) is 77.4 cm³/mol. The van der Waals surface area contributed by atoms with Crippen molar-refractivity contribution < 1.29 is 14.3 Å². The highest BCUT2D eigenvalue weighted by Gasteiger charge is 2.45. The number of rotatable bonds is 4. The van der Waals surface area contributed by atoms with Gasteiger partial charge in [-0.1, -0.05) is 12.1 Å². The van der Waals surface area contributed by atoms with Crippen molar-refractivity contribution in [3.8, 4) is 0 Å². The van der Waals surface area contributed by atoms with Crippen LogP contribution in [0.5, 0.6) is 0 Å². The zero-order valence-corrected chi connectivity index (χ0v) is 12.0. The lowest BCUT2D eigenvalue weighted by Crippen LogP contribution is -2.49. The van der Waals surface area contributed by atoms with Crippen LogP contribution in [0.15, 0.2) is 24.3 Å². The van der Waals surface area contributed by atoms with Crippen molar-refractivity contribution in [2.75, 3.05) is 39.3 Å². The summed E-state index contributed by atoms with van der Waals surface area (Å²) in [4.78, 5) is 16.6. The third-order valence-electron chi connectivity index (χ3n) is 4.51. The number of aliphatic hydroxyl groups excluding tert-OH is 1. The Hall–Kier alpha value is -1.46. The summed E-state index contributed by atoms with van der Waals surface area (Å²) in [5.41, 5.74) is 1.06. The summed E-state index contributed by atoms with van der Waals surface area (Å²) in [7, 11) is 0. The van der Waals surface area contributed by atoms with Crippen LogP contribution in [0.2, 0.25) is 0 Å². The number of carbonyl (C=O) groups excluding carboxylic acids is 1. The molecule has 1 amide bonds. The Bertz CT molecular complexity index is 498. The minimum Gasteiger partial charge on any atom is -0.395 e. The van der Waals surface area contributed by atoms with Crippen molar-refractivity contribution in [3.63, 3.8) is 0 Å². The minimum absolute atomic E-state index is 0.0693. The lowest BCUT2D eigenvalue weighted by Gasteiger charge is -2.34. The number of hydrogen-bond acceptors (Lipinski definition) is 3. The minimum atomic E-state index is -0.234.